The van der Waals surface area contributed by atoms with Crippen molar-refractivity contribution in [3.63, 3.8) is 0 Å². The molecule has 3 nitrogen and oxygen atoms in total. The van der Waals surface area contributed by atoms with Crippen molar-refractivity contribution < 1.29 is 13.2 Å². The van der Waals surface area contributed by atoms with Gasteiger partial charge in [-0.25, -0.2) is 4.98 Å². The van der Waals surface area contributed by atoms with Crippen molar-refractivity contribution in [2.24, 2.45) is 0 Å². The van der Waals surface area contributed by atoms with E-state index < -0.39 is 11.7 Å². The summed E-state index contributed by atoms with van der Waals surface area (Å²) >= 11 is 0. The normalized spacial score (nSPS) is 16.5. The van der Waals surface area contributed by atoms with Gasteiger partial charge in [-0.3, -0.25) is 9.36 Å². The lowest BCUT2D eigenvalue weighted by molar-refractivity contribution is -0.137. The minimum Gasteiger partial charge on any atom is -0.290 e. The Labute approximate surface area is 131 Å². The van der Waals surface area contributed by atoms with Crippen LogP contribution in [-0.2, 0) is 6.18 Å². The number of rotatable bonds is 2. The number of benzene rings is 1. The average molecular weight is 322 g/mol. The van der Waals surface area contributed by atoms with Gasteiger partial charge in [-0.2, -0.15) is 13.2 Å². The monoisotopic (exact) mass is 322 g/mol. The second-order valence-electron chi connectivity index (χ2n) is 5.81. The first-order valence-electron chi connectivity index (χ1n) is 7.72. The zero-order valence-corrected chi connectivity index (χ0v) is 12.5. The van der Waals surface area contributed by atoms with Crippen LogP contribution in [0.25, 0.3) is 11.4 Å². The van der Waals surface area contributed by atoms with Crippen molar-refractivity contribution in [2.75, 3.05) is 0 Å². The highest BCUT2D eigenvalue weighted by Gasteiger charge is 2.35. The molecule has 0 saturated heterocycles. The summed E-state index contributed by atoms with van der Waals surface area (Å²) in [7, 11) is 0. The van der Waals surface area contributed by atoms with Crippen LogP contribution in [0.2, 0.25) is 0 Å². The predicted molar refractivity (Wildman–Crippen MR) is 81.1 cm³/mol. The summed E-state index contributed by atoms with van der Waals surface area (Å²) < 4.78 is 41.3. The van der Waals surface area contributed by atoms with E-state index in [1.807, 2.05) is 0 Å². The van der Waals surface area contributed by atoms with Gasteiger partial charge in [0.2, 0.25) is 0 Å². The number of hydrogen-bond acceptors (Lipinski definition) is 2. The maximum atomic E-state index is 13.3. The Kier molecular flexibility index (Phi) is 4.24. The van der Waals surface area contributed by atoms with E-state index in [9.17, 15) is 18.0 Å². The summed E-state index contributed by atoms with van der Waals surface area (Å²) in [5, 5.41) is 0. The van der Waals surface area contributed by atoms with Gasteiger partial charge in [-0.05, 0) is 18.9 Å². The average Bonchev–Trinajstić information content (AvgIpc) is 2.54. The highest BCUT2D eigenvalue weighted by Crippen LogP contribution is 2.37. The minimum atomic E-state index is -4.48. The predicted octanol–water partition coefficient (Wildman–Crippen LogP) is 4.43. The van der Waals surface area contributed by atoms with Crippen LogP contribution in [0.3, 0.4) is 0 Å². The summed E-state index contributed by atoms with van der Waals surface area (Å²) in [5.74, 6) is 0.109. The second-order valence-corrected chi connectivity index (χ2v) is 5.81. The third-order valence-corrected chi connectivity index (χ3v) is 4.29. The van der Waals surface area contributed by atoms with E-state index in [1.165, 1.54) is 35.0 Å². The molecule has 0 spiro atoms. The van der Waals surface area contributed by atoms with Crippen LogP contribution in [-0.4, -0.2) is 9.55 Å². The topological polar surface area (TPSA) is 34.9 Å². The lowest BCUT2D eigenvalue weighted by atomic mass is 9.94. The molecule has 0 radical (unpaired) electrons. The van der Waals surface area contributed by atoms with Crippen LogP contribution in [0.4, 0.5) is 13.2 Å². The standard InChI is InChI=1S/C17H17F3N2O/c18-17(19,20)14-9-5-4-8-13(14)16-21-11-10-15(23)22(16)12-6-2-1-3-7-12/h4-5,8-12H,1-3,6-7H2. The fourth-order valence-corrected chi connectivity index (χ4v) is 3.24. The molecule has 1 aliphatic rings. The third-order valence-electron chi connectivity index (χ3n) is 4.29. The molecule has 122 valence electrons. The van der Waals surface area contributed by atoms with Crippen molar-refractivity contribution in [3.8, 4) is 11.4 Å². The number of nitrogens with zero attached hydrogens (tertiary/aromatic N) is 2. The maximum Gasteiger partial charge on any atom is 0.417 e. The van der Waals surface area contributed by atoms with Crippen LogP contribution in [0.5, 0.6) is 0 Å². The molecular formula is C17H17F3N2O. The SMILES string of the molecule is O=c1ccnc(-c2ccccc2C(F)(F)F)n1C1CCCCC1. The molecule has 6 heteroatoms. The molecule has 1 aromatic carbocycles. The van der Waals surface area contributed by atoms with Gasteiger partial charge in [0.05, 0.1) is 5.56 Å². The van der Waals surface area contributed by atoms with Crippen LogP contribution in [0.15, 0.2) is 41.3 Å². The van der Waals surface area contributed by atoms with Crippen molar-refractivity contribution in [1.29, 1.82) is 0 Å². The fourth-order valence-electron chi connectivity index (χ4n) is 3.24. The summed E-state index contributed by atoms with van der Waals surface area (Å²) in [4.78, 5) is 16.4. The number of aromatic nitrogens is 2. The summed E-state index contributed by atoms with van der Waals surface area (Å²) in [5.41, 5.74) is -1.09. The molecule has 1 aliphatic carbocycles. The first-order valence-corrected chi connectivity index (χ1v) is 7.72. The van der Waals surface area contributed by atoms with Crippen molar-refractivity contribution in [3.05, 3.63) is 52.4 Å². The van der Waals surface area contributed by atoms with E-state index >= 15 is 0 Å². The number of alkyl halides is 3. The Morgan fingerprint density at radius 3 is 2.43 bits per heavy atom. The van der Waals surface area contributed by atoms with Crippen molar-refractivity contribution in [1.82, 2.24) is 9.55 Å². The molecule has 3 rings (SSSR count). The Hall–Kier alpha value is -2.11. The summed E-state index contributed by atoms with van der Waals surface area (Å²) in [6, 6.07) is 6.52. The van der Waals surface area contributed by atoms with E-state index in [-0.39, 0.29) is 23.0 Å². The Morgan fingerprint density at radius 2 is 1.74 bits per heavy atom. The van der Waals surface area contributed by atoms with E-state index in [0.717, 1.165) is 38.2 Å². The molecule has 0 unspecified atom stereocenters. The molecule has 2 aromatic rings. The molecule has 0 aliphatic heterocycles. The van der Waals surface area contributed by atoms with Gasteiger partial charge in [-0.15, -0.1) is 0 Å². The van der Waals surface area contributed by atoms with Crippen LogP contribution in [0, 0.1) is 0 Å². The molecular weight excluding hydrogens is 305 g/mol. The quantitative estimate of drug-likeness (QED) is 0.819. The van der Waals surface area contributed by atoms with Gasteiger partial charge < -0.3 is 0 Å². The minimum absolute atomic E-state index is 0.0386. The third kappa shape index (κ3) is 3.16. The number of halogens is 3. The summed E-state index contributed by atoms with van der Waals surface area (Å²) in [6.45, 7) is 0. The lowest BCUT2D eigenvalue weighted by Crippen LogP contribution is -2.28. The van der Waals surface area contributed by atoms with E-state index in [0.29, 0.717) is 0 Å². The van der Waals surface area contributed by atoms with Gasteiger partial charge >= 0.3 is 6.18 Å². The van der Waals surface area contributed by atoms with Gasteiger partial charge in [0.15, 0.2) is 0 Å². The van der Waals surface area contributed by atoms with E-state index in [2.05, 4.69) is 4.98 Å². The first kappa shape index (κ1) is 15.8. The second kappa shape index (κ2) is 6.18. The maximum absolute atomic E-state index is 13.3. The fraction of sp³-hybridized carbons (Fsp3) is 0.412. The largest absolute Gasteiger partial charge is 0.417 e. The zero-order chi connectivity index (χ0) is 16.4. The smallest absolute Gasteiger partial charge is 0.290 e. The van der Waals surface area contributed by atoms with Gasteiger partial charge in [-0.1, -0.05) is 37.5 Å². The molecule has 0 N–H and O–H groups in total. The van der Waals surface area contributed by atoms with Crippen molar-refractivity contribution in [2.45, 2.75) is 44.3 Å². The van der Waals surface area contributed by atoms with Gasteiger partial charge in [0, 0.05) is 23.9 Å². The van der Waals surface area contributed by atoms with Crippen LogP contribution >= 0.6 is 0 Å². The zero-order valence-electron chi connectivity index (χ0n) is 12.5. The molecule has 0 bridgehead atoms. The Balaban J connectivity index is 2.18. The van der Waals surface area contributed by atoms with Gasteiger partial charge in [0.25, 0.3) is 5.56 Å². The Bertz CT molecular complexity index is 746. The van der Waals surface area contributed by atoms with Crippen LogP contribution < -0.4 is 5.56 Å². The Morgan fingerprint density at radius 1 is 1.04 bits per heavy atom. The van der Waals surface area contributed by atoms with E-state index in [4.69, 9.17) is 0 Å². The lowest BCUT2D eigenvalue weighted by Gasteiger charge is -2.26. The first-order chi connectivity index (χ1) is 11.0. The number of hydrogen-bond donors (Lipinski definition) is 0. The molecule has 1 aromatic heterocycles. The molecule has 23 heavy (non-hydrogen) atoms. The highest BCUT2D eigenvalue weighted by molar-refractivity contribution is 5.61. The van der Waals surface area contributed by atoms with E-state index in [1.54, 1.807) is 0 Å². The molecule has 1 heterocycles. The van der Waals surface area contributed by atoms with Crippen LogP contribution in [0.1, 0.15) is 43.7 Å². The molecule has 1 fully saturated rings. The molecule has 1 saturated carbocycles. The van der Waals surface area contributed by atoms with Crippen molar-refractivity contribution >= 4 is 0 Å². The summed E-state index contributed by atoms with van der Waals surface area (Å²) in [6.07, 6.45) is 1.45. The molecule has 0 amide bonds. The highest BCUT2D eigenvalue weighted by atomic mass is 19.4. The van der Waals surface area contributed by atoms with Gasteiger partial charge in [0.1, 0.15) is 5.82 Å². The molecule has 0 atom stereocenters.